The number of thioether (sulfide) groups is 1. The van der Waals surface area contributed by atoms with Crippen LogP contribution in [0.5, 0.6) is 0 Å². The molecular weight excluding hydrogens is 346 g/mol. The van der Waals surface area contributed by atoms with Gasteiger partial charge in [-0.15, -0.1) is 0 Å². The van der Waals surface area contributed by atoms with Gasteiger partial charge in [0.1, 0.15) is 0 Å². The molecule has 5 atom stereocenters. The van der Waals surface area contributed by atoms with Gasteiger partial charge in [0.25, 0.3) is 0 Å². The molecule has 0 saturated carbocycles. The van der Waals surface area contributed by atoms with Crippen LogP contribution in [0.4, 0.5) is 0 Å². The third kappa shape index (κ3) is 3.04. The molecule has 1 N–H and O–H groups in total. The molecule has 8 heteroatoms. The summed E-state index contributed by atoms with van der Waals surface area (Å²) in [5.41, 5.74) is 0. The molecule has 0 aromatic rings. The molecule has 0 aliphatic carbocycles. The normalized spacial score (nSPS) is 32.2. The first-order chi connectivity index (χ1) is 10.8. The molecule has 2 fully saturated rings. The van der Waals surface area contributed by atoms with Crippen molar-refractivity contribution in [3.05, 3.63) is 0 Å². The van der Waals surface area contributed by atoms with E-state index in [0.29, 0.717) is 0 Å². The highest BCUT2D eigenvalue weighted by Gasteiger charge is 2.61. The number of aliphatic carboxylic acids is 1. The van der Waals surface area contributed by atoms with Crippen molar-refractivity contribution in [2.24, 2.45) is 11.8 Å². The van der Waals surface area contributed by atoms with Gasteiger partial charge in [0.2, 0.25) is 5.91 Å². The number of carboxylic acid groups (broad SMARTS) is 1. The van der Waals surface area contributed by atoms with Gasteiger partial charge in [0.15, 0.2) is 18.8 Å². The first-order valence-corrected chi connectivity index (χ1v) is 12.0. The van der Waals surface area contributed by atoms with Gasteiger partial charge >= 0.3 is 5.97 Å². The van der Waals surface area contributed by atoms with Crippen LogP contribution in [0.2, 0.25) is 18.1 Å². The highest BCUT2D eigenvalue weighted by molar-refractivity contribution is 8.14. The number of carbonyl (C=O) groups is 3. The summed E-state index contributed by atoms with van der Waals surface area (Å²) in [6.45, 7) is 14.3. The number of β-lactam (4-membered cyclic amide) rings is 1. The number of carboxylic acids is 1. The summed E-state index contributed by atoms with van der Waals surface area (Å²) < 4.78 is 6.33. The van der Waals surface area contributed by atoms with Crippen molar-refractivity contribution in [3.63, 3.8) is 0 Å². The average Bonchev–Trinajstić information content (AvgIpc) is 2.39. The number of carbonyl (C=O) groups excluding carboxylic acids is 2. The minimum atomic E-state index is -2.05. The van der Waals surface area contributed by atoms with Crippen molar-refractivity contribution in [2.45, 2.75) is 70.3 Å². The van der Waals surface area contributed by atoms with Crippen LogP contribution in [0.1, 0.15) is 34.6 Å². The number of fused-ring (bicyclic) bond motifs is 1. The first-order valence-electron chi connectivity index (χ1n) is 8.23. The quantitative estimate of drug-likeness (QED) is 0.602. The molecule has 2 rings (SSSR count). The molecule has 0 aromatic carbocycles. The second-order valence-corrected chi connectivity index (χ2v) is 14.1. The van der Waals surface area contributed by atoms with Crippen molar-refractivity contribution < 1.29 is 23.9 Å². The molecule has 2 saturated heterocycles. The van der Waals surface area contributed by atoms with Crippen LogP contribution in [-0.2, 0) is 18.8 Å². The number of amides is 1. The lowest BCUT2D eigenvalue weighted by molar-refractivity contribution is -0.176. The summed E-state index contributed by atoms with van der Waals surface area (Å²) in [6, 6.07) is -0.382. The smallest absolute Gasteiger partial charge is 0.337 e. The molecule has 136 valence electrons. The fourth-order valence-electron chi connectivity index (χ4n) is 3.16. The maximum Gasteiger partial charge on any atom is 0.337 e. The predicted molar refractivity (Wildman–Crippen MR) is 95.1 cm³/mol. The summed E-state index contributed by atoms with van der Waals surface area (Å²) in [6.07, 6.45) is -0.326. The lowest BCUT2D eigenvalue weighted by Gasteiger charge is -2.56. The lowest BCUT2D eigenvalue weighted by atomic mass is 9.76. The zero-order valence-corrected chi connectivity index (χ0v) is 17.1. The van der Waals surface area contributed by atoms with E-state index in [9.17, 15) is 19.5 Å². The Kier molecular flexibility index (Phi) is 4.98. The second kappa shape index (κ2) is 6.14. The van der Waals surface area contributed by atoms with Crippen LogP contribution in [0.3, 0.4) is 0 Å². The number of hydrogen-bond acceptors (Lipinski definition) is 5. The van der Waals surface area contributed by atoms with Crippen LogP contribution in [0.25, 0.3) is 0 Å². The summed E-state index contributed by atoms with van der Waals surface area (Å²) in [5, 5.41) is 8.05. The largest absolute Gasteiger partial charge is 0.479 e. The van der Waals surface area contributed by atoms with Gasteiger partial charge in [-0.3, -0.25) is 9.59 Å². The SMILES string of the molecule is C[C@@H](O[Si](C)(C)C(C)(C)C)[C@H]1C(=O)N2C(C(=O)O)SC(=O)[C@H](C)[C@H]12. The van der Waals surface area contributed by atoms with Gasteiger partial charge in [-0.05, 0) is 25.1 Å². The average molecular weight is 374 g/mol. The van der Waals surface area contributed by atoms with Crippen LogP contribution < -0.4 is 0 Å². The Morgan fingerprint density at radius 2 is 1.88 bits per heavy atom. The molecule has 1 unspecified atom stereocenters. The van der Waals surface area contributed by atoms with Crippen molar-refractivity contribution in [1.29, 1.82) is 0 Å². The fraction of sp³-hybridized carbons (Fsp3) is 0.812. The number of hydrogen-bond donors (Lipinski definition) is 1. The van der Waals surface area contributed by atoms with E-state index in [4.69, 9.17) is 4.43 Å². The van der Waals surface area contributed by atoms with Gasteiger partial charge in [-0.1, -0.05) is 39.5 Å². The summed E-state index contributed by atoms with van der Waals surface area (Å²) in [4.78, 5) is 37.5. The Morgan fingerprint density at radius 3 is 2.33 bits per heavy atom. The third-order valence-corrected chi connectivity index (χ3v) is 11.4. The molecule has 0 aromatic heterocycles. The molecule has 2 aliphatic heterocycles. The van der Waals surface area contributed by atoms with E-state index in [1.54, 1.807) is 6.92 Å². The second-order valence-electron chi connectivity index (χ2n) is 8.26. The van der Waals surface area contributed by atoms with E-state index < -0.39 is 25.6 Å². The van der Waals surface area contributed by atoms with Crippen molar-refractivity contribution in [2.75, 3.05) is 0 Å². The topological polar surface area (TPSA) is 83.9 Å². The van der Waals surface area contributed by atoms with Gasteiger partial charge in [0.05, 0.1) is 18.1 Å². The van der Waals surface area contributed by atoms with E-state index in [2.05, 4.69) is 33.9 Å². The molecule has 2 aliphatic rings. The highest BCUT2D eigenvalue weighted by atomic mass is 32.2. The monoisotopic (exact) mass is 373 g/mol. The minimum absolute atomic E-state index is 0.0151. The van der Waals surface area contributed by atoms with Gasteiger partial charge in [-0.2, -0.15) is 0 Å². The molecule has 0 radical (unpaired) electrons. The van der Waals surface area contributed by atoms with Crippen LogP contribution >= 0.6 is 11.8 Å². The van der Waals surface area contributed by atoms with Gasteiger partial charge in [-0.25, -0.2) is 4.79 Å². The van der Waals surface area contributed by atoms with Crippen LogP contribution in [-0.4, -0.2) is 52.8 Å². The van der Waals surface area contributed by atoms with Crippen molar-refractivity contribution >= 4 is 37.1 Å². The molecule has 0 spiro atoms. The highest BCUT2D eigenvalue weighted by Crippen LogP contribution is 2.47. The molecule has 0 bridgehead atoms. The maximum atomic E-state index is 12.6. The van der Waals surface area contributed by atoms with Gasteiger partial charge < -0.3 is 14.4 Å². The first kappa shape index (κ1) is 19.5. The Bertz CT molecular complexity index is 573. The van der Waals surface area contributed by atoms with E-state index >= 15 is 0 Å². The zero-order chi connectivity index (χ0) is 18.6. The van der Waals surface area contributed by atoms with Crippen molar-refractivity contribution in [3.8, 4) is 0 Å². The Morgan fingerprint density at radius 1 is 1.33 bits per heavy atom. The standard InChI is InChI=1S/C16H27NO5SSi/c1-8-11-10(9(2)22-24(6,7)16(3,4)5)12(18)17(11)13(14(19)20)23-15(8)21/h8-11,13H,1-7H3,(H,19,20)/t8-,9-,10-,11-,13?/m1/s1. The Balaban J connectivity index is 2.22. The van der Waals surface area contributed by atoms with E-state index in [1.807, 2.05) is 6.92 Å². The van der Waals surface area contributed by atoms with Crippen LogP contribution in [0, 0.1) is 11.8 Å². The molecule has 2 heterocycles. The fourth-order valence-corrected chi connectivity index (χ4v) is 5.62. The number of nitrogens with zero attached hydrogens (tertiary/aromatic N) is 1. The summed E-state index contributed by atoms with van der Waals surface area (Å²) in [5.74, 6) is -2.18. The van der Waals surface area contributed by atoms with E-state index in [1.165, 1.54) is 4.90 Å². The predicted octanol–water partition coefficient (Wildman–Crippen LogP) is 2.54. The molecule has 6 nitrogen and oxygen atoms in total. The lowest BCUT2D eigenvalue weighted by Crippen LogP contribution is -2.73. The Hall–Kier alpha value is -0.863. The number of rotatable bonds is 4. The zero-order valence-electron chi connectivity index (χ0n) is 15.3. The minimum Gasteiger partial charge on any atom is -0.479 e. The van der Waals surface area contributed by atoms with E-state index in [-0.39, 0.29) is 34.1 Å². The summed E-state index contributed by atoms with van der Waals surface area (Å²) in [7, 11) is -2.05. The molecule has 24 heavy (non-hydrogen) atoms. The third-order valence-electron chi connectivity index (χ3n) is 5.60. The van der Waals surface area contributed by atoms with Crippen molar-refractivity contribution in [1.82, 2.24) is 4.90 Å². The molecular formula is C16H27NO5SSi. The molecule has 1 amide bonds. The summed E-state index contributed by atoms with van der Waals surface area (Å²) >= 11 is 0.735. The Labute approximate surface area is 148 Å². The van der Waals surface area contributed by atoms with E-state index in [0.717, 1.165) is 11.8 Å². The van der Waals surface area contributed by atoms with Gasteiger partial charge in [0, 0.05) is 5.92 Å². The van der Waals surface area contributed by atoms with Crippen LogP contribution in [0.15, 0.2) is 0 Å². The maximum absolute atomic E-state index is 12.6.